The molecular weight excluding hydrogens is 176 g/mol. The lowest BCUT2D eigenvalue weighted by Crippen LogP contribution is -2.25. The fourth-order valence-electron chi connectivity index (χ4n) is 2.00. The number of aromatic nitrogens is 2. The van der Waals surface area contributed by atoms with Gasteiger partial charge in [-0.25, -0.2) is 0 Å². The van der Waals surface area contributed by atoms with Crippen molar-refractivity contribution >= 4 is 0 Å². The summed E-state index contributed by atoms with van der Waals surface area (Å²) in [6.45, 7) is 5.97. The maximum absolute atomic E-state index is 5.69. The molecule has 0 bridgehead atoms. The van der Waals surface area contributed by atoms with E-state index in [4.69, 9.17) is 4.74 Å². The van der Waals surface area contributed by atoms with Crippen molar-refractivity contribution in [2.24, 2.45) is 0 Å². The van der Waals surface area contributed by atoms with Gasteiger partial charge in [0.2, 0.25) is 0 Å². The highest BCUT2D eigenvalue weighted by Crippen LogP contribution is 2.15. The van der Waals surface area contributed by atoms with Crippen molar-refractivity contribution in [3.05, 3.63) is 17.5 Å². The van der Waals surface area contributed by atoms with Crippen molar-refractivity contribution in [2.75, 3.05) is 6.61 Å². The number of ether oxygens (including phenoxy) is 1. The highest BCUT2D eigenvalue weighted by molar-refractivity contribution is 5.06. The molecule has 0 amide bonds. The molecule has 1 aliphatic rings. The first kappa shape index (κ1) is 9.71. The Morgan fingerprint density at radius 1 is 1.50 bits per heavy atom. The van der Waals surface area contributed by atoms with E-state index in [1.807, 2.05) is 6.92 Å². The van der Waals surface area contributed by atoms with Crippen LogP contribution in [0.25, 0.3) is 0 Å². The molecular formula is C11H18N2O. The fraction of sp³-hybridized carbons (Fsp3) is 0.727. The van der Waals surface area contributed by atoms with Crippen LogP contribution in [0.2, 0.25) is 0 Å². The van der Waals surface area contributed by atoms with Crippen LogP contribution in [0.1, 0.15) is 30.7 Å². The Balaban J connectivity index is 1.98. The third-order valence-corrected chi connectivity index (χ3v) is 2.75. The zero-order valence-electron chi connectivity index (χ0n) is 8.99. The van der Waals surface area contributed by atoms with Crippen LogP contribution in [0.4, 0.5) is 0 Å². The minimum Gasteiger partial charge on any atom is -0.376 e. The molecule has 0 spiro atoms. The van der Waals surface area contributed by atoms with Gasteiger partial charge in [-0.1, -0.05) is 0 Å². The molecule has 1 unspecified atom stereocenters. The van der Waals surface area contributed by atoms with Crippen molar-refractivity contribution in [3.63, 3.8) is 0 Å². The Bertz CT molecular complexity index is 300. The second-order valence-corrected chi connectivity index (χ2v) is 4.10. The van der Waals surface area contributed by atoms with E-state index in [1.54, 1.807) is 0 Å². The zero-order valence-corrected chi connectivity index (χ0v) is 8.99. The number of rotatable bonds is 2. The minimum atomic E-state index is 0.377. The Hall–Kier alpha value is -0.830. The van der Waals surface area contributed by atoms with Crippen molar-refractivity contribution in [2.45, 2.75) is 45.8 Å². The van der Waals surface area contributed by atoms with Gasteiger partial charge in [0.25, 0.3) is 0 Å². The number of hydrogen-bond acceptors (Lipinski definition) is 2. The zero-order chi connectivity index (χ0) is 9.97. The maximum atomic E-state index is 5.69. The lowest BCUT2D eigenvalue weighted by atomic mass is 10.1. The molecule has 1 aromatic heterocycles. The third kappa shape index (κ3) is 2.15. The van der Waals surface area contributed by atoms with Crippen LogP contribution in [0.15, 0.2) is 6.07 Å². The minimum absolute atomic E-state index is 0.377. The first-order valence-corrected chi connectivity index (χ1v) is 5.38. The van der Waals surface area contributed by atoms with Gasteiger partial charge in [0.1, 0.15) is 0 Å². The van der Waals surface area contributed by atoms with Gasteiger partial charge in [-0.2, -0.15) is 5.10 Å². The SMILES string of the molecule is Cc1cc(C)n(CC2CCCCO2)n1. The topological polar surface area (TPSA) is 27.1 Å². The molecule has 1 aliphatic heterocycles. The summed E-state index contributed by atoms with van der Waals surface area (Å²) < 4.78 is 7.75. The van der Waals surface area contributed by atoms with Gasteiger partial charge in [-0.05, 0) is 39.2 Å². The van der Waals surface area contributed by atoms with Gasteiger partial charge in [0.05, 0.1) is 18.3 Å². The third-order valence-electron chi connectivity index (χ3n) is 2.75. The highest BCUT2D eigenvalue weighted by atomic mass is 16.5. The van der Waals surface area contributed by atoms with E-state index in [2.05, 4.69) is 22.8 Å². The fourth-order valence-corrected chi connectivity index (χ4v) is 2.00. The largest absolute Gasteiger partial charge is 0.376 e. The summed E-state index contributed by atoms with van der Waals surface area (Å²) in [5.74, 6) is 0. The summed E-state index contributed by atoms with van der Waals surface area (Å²) in [6, 6.07) is 2.11. The van der Waals surface area contributed by atoms with Crippen LogP contribution < -0.4 is 0 Å². The van der Waals surface area contributed by atoms with E-state index in [9.17, 15) is 0 Å². The monoisotopic (exact) mass is 194 g/mol. The average molecular weight is 194 g/mol. The predicted molar refractivity (Wildman–Crippen MR) is 55.3 cm³/mol. The molecule has 3 heteroatoms. The standard InChI is InChI=1S/C11H18N2O/c1-9-7-10(2)13(12-9)8-11-5-3-4-6-14-11/h7,11H,3-6,8H2,1-2H3. The number of hydrogen-bond donors (Lipinski definition) is 0. The smallest absolute Gasteiger partial charge is 0.0771 e. The molecule has 1 atom stereocenters. The second kappa shape index (κ2) is 4.13. The predicted octanol–water partition coefficient (Wildman–Crippen LogP) is 2.07. The summed E-state index contributed by atoms with van der Waals surface area (Å²) in [4.78, 5) is 0. The molecule has 14 heavy (non-hydrogen) atoms. The van der Waals surface area contributed by atoms with Crippen LogP contribution in [0, 0.1) is 13.8 Å². The van der Waals surface area contributed by atoms with E-state index in [0.717, 1.165) is 18.8 Å². The van der Waals surface area contributed by atoms with Crippen LogP contribution in [-0.4, -0.2) is 22.5 Å². The molecule has 0 aliphatic carbocycles. The van der Waals surface area contributed by atoms with Crippen molar-refractivity contribution in [3.8, 4) is 0 Å². The Morgan fingerprint density at radius 2 is 2.36 bits per heavy atom. The molecule has 1 saturated heterocycles. The van der Waals surface area contributed by atoms with Gasteiger partial charge in [0.15, 0.2) is 0 Å². The normalized spacial score (nSPS) is 22.6. The first-order valence-electron chi connectivity index (χ1n) is 5.38. The molecule has 0 saturated carbocycles. The molecule has 2 heterocycles. The van der Waals surface area contributed by atoms with Crippen molar-refractivity contribution in [1.82, 2.24) is 9.78 Å². The molecule has 0 radical (unpaired) electrons. The maximum Gasteiger partial charge on any atom is 0.0771 e. The molecule has 1 aromatic rings. The van der Waals surface area contributed by atoms with Gasteiger partial charge < -0.3 is 4.74 Å². The average Bonchev–Trinajstić information content (AvgIpc) is 2.47. The van der Waals surface area contributed by atoms with Crippen molar-refractivity contribution in [1.29, 1.82) is 0 Å². The van der Waals surface area contributed by atoms with Gasteiger partial charge in [-0.3, -0.25) is 4.68 Å². The van der Waals surface area contributed by atoms with Crippen LogP contribution >= 0.6 is 0 Å². The highest BCUT2D eigenvalue weighted by Gasteiger charge is 2.15. The van der Waals surface area contributed by atoms with Crippen LogP contribution in [-0.2, 0) is 11.3 Å². The molecule has 1 fully saturated rings. The number of aryl methyl sites for hydroxylation is 2. The van der Waals surface area contributed by atoms with Crippen LogP contribution in [0.3, 0.4) is 0 Å². The van der Waals surface area contributed by atoms with Crippen molar-refractivity contribution < 1.29 is 4.74 Å². The van der Waals surface area contributed by atoms with E-state index >= 15 is 0 Å². The van der Waals surface area contributed by atoms with Crippen LogP contribution in [0.5, 0.6) is 0 Å². The Morgan fingerprint density at radius 3 is 2.93 bits per heavy atom. The first-order chi connectivity index (χ1) is 6.75. The lowest BCUT2D eigenvalue weighted by Gasteiger charge is -2.22. The summed E-state index contributed by atoms with van der Waals surface area (Å²) in [7, 11) is 0. The van der Waals surface area contributed by atoms with Gasteiger partial charge in [-0.15, -0.1) is 0 Å². The summed E-state index contributed by atoms with van der Waals surface area (Å²) in [5, 5.41) is 4.44. The van der Waals surface area contributed by atoms with E-state index < -0.39 is 0 Å². The lowest BCUT2D eigenvalue weighted by molar-refractivity contribution is 0.00362. The summed E-state index contributed by atoms with van der Waals surface area (Å²) in [5.41, 5.74) is 2.33. The Labute approximate surface area is 85.1 Å². The Kier molecular flexibility index (Phi) is 2.87. The molecule has 0 N–H and O–H groups in total. The molecule has 2 rings (SSSR count). The van der Waals surface area contributed by atoms with E-state index in [0.29, 0.717) is 6.10 Å². The van der Waals surface area contributed by atoms with E-state index in [-0.39, 0.29) is 0 Å². The summed E-state index contributed by atoms with van der Waals surface area (Å²) >= 11 is 0. The van der Waals surface area contributed by atoms with E-state index in [1.165, 1.54) is 25.0 Å². The second-order valence-electron chi connectivity index (χ2n) is 4.10. The molecule has 0 aromatic carbocycles. The molecule has 3 nitrogen and oxygen atoms in total. The number of nitrogens with zero attached hydrogens (tertiary/aromatic N) is 2. The quantitative estimate of drug-likeness (QED) is 0.720. The molecule has 78 valence electrons. The summed E-state index contributed by atoms with van der Waals surface area (Å²) in [6.07, 6.45) is 4.07. The van der Waals surface area contributed by atoms with Gasteiger partial charge in [0, 0.05) is 12.3 Å². The van der Waals surface area contributed by atoms with Gasteiger partial charge >= 0.3 is 0 Å².